The number of benzene rings is 1. The molecular formula is C21H32BrNO4. The summed E-state index contributed by atoms with van der Waals surface area (Å²) in [5.74, 6) is -0.396. The van der Waals surface area contributed by atoms with Crippen LogP contribution in [0.5, 0.6) is 0 Å². The highest BCUT2D eigenvalue weighted by atomic mass is 79.9. The third-order valence-electron chi connectivity index (χ3n) is 3.87. The minimum absolute atomic E-state index is 0.274. The van der Waals surface area contributed by atoms with E-state index in [9.17, 15) is 9.59 Å². The zero-order valence-electron chi connectivity index (χ0n) is 16.9. The van der Waals surface area contributed by atoms with Crippen LogP contribution in [0.4, 0.5) is 4.79 Å². The number of esters is 1. The Labute approximate surface area is 171 Å². The van der Waals surface area contributed by atoms with E-state index in [1.807, 2.05) is 51.1 Å². The molecule has 0 radical (unpaired) electrons. The van der Waals surface area contributed by atoms with Gasteiger partial charge in [0.2, 0.25) is 0 Å². The Morgan fingerprint density at radius 3 is 2.33 bits per heavy atom. The molecule has 27 heavy (non-hydrogen) atoms. The molecule has 1 aromatic carbocycles. The van der Waals surface area contributed by atoms with E-state index in [0.29, 0.717) is 13.0 Å². The zero-order chi connectivity index (χ0) is 20.3. The van der Waals surface area contributed by atoms with Gasteiger partial charge in [0.15, 0.2) is 0 Å². The number of nitrogens with zero attached hydrogens (tertiary/aromatic N) is 1. The summed E-state index contributed by atoms with van der Waals surface area (Å²) in [5.41, 5.74) is 0.349. The van der Waals surface area contributed by atoms with Gasteiger partial charge in [-0.1, -0.05) is 52.7 Å². The topological polar surface area (TPSA) is 55.8 Å². The van der Waals surface area contributed by atoms with E-state index < -0.39 is 23.7 Å². The average molecular weight is 442 g/mol. The van der Waals surface area contributed by atoms with E-state index in [2.05, 4.69) is 15.9 Å². The highest BCUT2D eigenvalue weighted by Crippen LogP contribution is 2.17. The second kappa shape index (κ2) is 12.0. The molecule has 0 saturated heterocycles. The minimum Gasteiger partial charge on any atom is -0.464 e. The number of hydrogen-bond donors (Lipinski definition) is 0. The van der Waals surface area contributed by atoms with E-state index in [1.165, 1.54) is 4.90 Å². The molecule has 0 unspecified atom stereocenters. The molecule has 152 valence electrons. The van der Waals surface area contributed by atoms with Gasteiger partial charge in [0.05, 0.1) is 6.61 Å². The van der Waals surface area contributed by atoms with Crippen LogP contribution in [-0.4, -0.2) is 47.1 Å². The number of ether oxygens (including phenoxy) is 2. The summed E-state index contributed by atoms with van der Waals surface area (Å²) >= 11 is 3.42. The number of unbranched alkanes of at least 4 members (excludes halogenated alkanes) is 2. The molecule has 0 aromatic heterocycles. The maximum absolute atomic E-state index is 12.8. The van der Waals surface area contributed by atoms with Crippen molar-refractivity contribution in [1.29, 1.82) is 0 Å². The van der Waals surface area contributed by atoms with Crippen molar-refractivity contribution in [1.82, 2.24) is 4.90 Å². The highest BCUT2D eigenvalue weighted by Gasteiger charge is 2.33. The average Bonchev–Trinajstić information content (AvgIpc) is 2.60. The first kappa shape index (κ1) is 23.5. The smallest absolute Gasteiger partial charge is 0.411 e. The number of halogens is 1. The third-order valence-corrected chi connectivity index (χ3v) is 4.43. The standard InChI is InChI=1S/C21H32BrNO4/c1-5-26-19(24)18(16-17-12-8-6-9-13-17)23(15-11-7-10-14-22)20(25)27-21(2,3)4/h6,8-9,12-13,18H,5,7,10-11,14-16H2,1-4H3/t18-/m0/s1. The molecule has 1 amide bonds. The first-order valence-electron chi connectivity index (χ1n) is 9.54. The van der Waals surface area contributed by atoms with Crippen LogP contribution in [0.3, 0.4) is 0 Å². The summed E-state index contributed by atoms with van der Waals surface area (Å²) in [6, 6.07) is 8.96. The van der Waals surface area contributed by atoms with Crippen LogP contribution in [0.2, 0.25) is 0 Å². The Morgan fingerprint density at radius 1 is 1.11 bits per heavy atom. The molecule has 0 N–H and O–H groups in total. The Kier molecular flexibility index (Phi) is 10.4. The SMILES string of the molecule is CCOC(=O)[C@H](Cc1ccccc1)N(CCCCCBr)C(=O)OC(C)(C)C. The Morgan fingerprint density at radius 2 is 1.78 bits per heavy atom. The van der Waals surface area contributed by atoms with Crippen LogP contribution in [0.1, 0.15) is 52.5 Å². The van der Waals surface area contributed by atoms with Crippen molar-refractivity contribution in [2.75, 3.05) is 18.5 Å². The first-order valence-corrected chi connectivity index (χ1v) is 10.7. The Hall–Kier alpha value is -1.56. The number of amides is 1. The van der Waals surface area contributed by atoms with Gasteiger partial charge >= 0.3 is 12.1 Å². The Bertz CT molecular complexity index is 571. The molecule has 0 bridgehead atoms. The molecule has 0 saturated carbocycles. The fraction of sp³-hybridized carbons (Fsp3) is 0.619. The van der Waals surface area contributed by atoms with Crippen molar-refractivity contribution in [3.8, 4) is 0 Å². The van der Waals surface area contributed by atoms with E-state index in [0.717, 1.165) is 30.2 Å². The lowest BCUT2D eigenvalue weighted by Crippen LogP contribution is -2.49. The second-order valence-corrected chi connectivity index (χ2v) is 8.17. The van der Waals surface area contributed by atoms with Gasteiger partial charge in [-0.2, -0.15) is 0 Å². The van der Waals surface area contributed by atoms with E-state index in [4.69, 9.17) is 9.47 Å². The van der Waals surface area contributed by atoms with Crippen molar-refractivity contribution >= 4 is 28.0 Å². The van der Waals surface area contributed by atoms with Crippen LogP contribution in [0, 0.1) is 0 Å². The molecule has 0 aliphatic rings. The maximum Gasteiger partial charge on any atom is 0.411 e. The maximum atomic E-state index is 12.8. The van der Waals surface area contributed by atoms with E-state index >= 15 is 0 Å². The quantitative estimate of drug-likeness (QED) is 0.292. The lowest BCUT2D eigenvalue weighted by atomic mass is 10.0. The lowest BCUT2D eigenvalue weighted by Gasteiger charge is -2.32. The first-order chi connectivity index (χ1) is 12.8. The highest BCUT2D eigenvalue weighted by molar-refractivity contribution is 9.09. The van der Waals surface area contributed by atoms with Gasteiger partial charge in [-0.3, -0.25) is 4.90 Å². The predicted octanol–water partition coefficient (Wildman–Crippen LogP) is 4.96. The zero-order valence-corrected chi connectivity index (χ0v) is 18.5. The van der Waals surface area contributed by atoms with Gasteiger partial charge in [0.25, 0.3) is 0 Å². The second-order valence-electron chi connectivity index (χ2n) is 7.38. The molecule has 6 heteroatoms. The van der Waals surface area contributed by atoms with Crippen LogP contribution >= 0.6 is 15.9 Å². The van der Waals surface area contributed by atoms with Crippen molar-refractivity contribution in [3.63, 3.8) is 0 Å². The summed E-state index contributed by atoms with van der Waals surface area (Å²) in [7, 11) is 0. The van der Waals surface area contributed by atoms with Crippen LogP contribution in [-0.2, 0) is 20.7 Å². The number of alkyl halides is 1. The van der Waals surface area contributed by atoms with E-state index in [-0.39, 0.29) is 6.61 Å². The third kappa shape index (κ3) is 9.27. The summed E-state index contributed by atoms with van der Waals surface area (Å²) in [6.07, 6.45) is 2.71. The fourth-order valence-electron chi connectivity index (χ4n) is 2.64. The van der Waals surface area contributed by atoms with Gasteiger partial charge in [0, 0.05) is 18.3 Å². The van der Waals surface area contributed by atoms with Gasteiger partial charge in [-0.05, 0) is 46.1 Å². The molecule has 1 aromatic rings. The van der Waals surface area contributed by atoms with Crippen LogP contribution < -0.4 is 0 Å². The summed E-state index contributed by atoms with van der Waals surface area (Å²) in [6.45, 7) is 7.97. The van der Waals surface area contributed by atoms with Crippen molar-refractivity contribution in [2.24, 2.45) is 0 Å². The fourth-order valence-corrected chi connectivity index (χ4v) is 3.04. The number of carbonyl (C=O) groups excluding carboxylic acids is 2. The molecule has 0 fully saturated rings. The van der Waals surface area contributed by atoms with Gasteiger partial charge < -0.3 is 9.47 Å². The Balaban J connectivity index is 3.05. The van der Waals surface area contributed by atoms with Crippen LogP contribution in [0.15, 0.2) is 30.3 Å². The van der Waals surface area contributed by atoms with Crippen molar-refractivity contribution in [2.45, 2.75) is 65.0 Å². The van der Waals surface area contributed by atoms with E-state index in [1.54, 1.807) is 6.92 Å². The summed E-state index contributed by atoms with van der Waals surface area (Å²) in [4.78, 5) is 27.1. The molecule has 0 spiro atoms. The van der Waals surface area contributed by atoms with Gasteiger partial charge in [-0.25, -0.2) is 9.59 Å². The number of carbonyl (C=O) groups is 2. The largest absolute Gasteiger partial charge is 0.464 e. The van der Waals surface area contributed by atoms with Gasteiger partial charge in [0.1, 0.15) is 11.6 Å². The summed E-state index contributed by atoms with van der Waals surface area (Å²) < 4.78 is 10.8. The summed E-state index contributed by atoms with van der Waals surface area (Å²) in [5, 5.41) is 0.921. The van der Waals surface area contributed by atoms with Crippen molar-refractivity contribution in [3.05, 3.63) is 35.9 Å². The predicted molar refractivity (Wildman–Crippen MR) is 111 cm³/mol. The number of rotatable bonds is 10. The molecular weight excluding hydrogens is 410 g/mol. The lowest BCUT2D eigenvalue weighted by molar-refractivity contribution is -0.149. The molecule has 0 aliphatic carbocycles. The molecule has 0 aliphatic heterocycles. The molecule has 1 rings (SSSR count). The monoisotopic (exact) mass is 441 g/mol. The van der Waals surface area contributed by atoms with Crippen LogP contribution in [0.25, 0.3) is 0 Å². The van der Waals surface area contributed by atoms with Crippen molar-refractivity contribution < 1.29 is 19.1 Å². The molecule has 5 nitrogen and oxygen atoms in total. The molecule has 0 heterocycles. The minimum atomic E-state index is -0.703. The van der Waals surface area contributed by atoms with Gasteiger partial charge in [-0.15, -0.1) is 0 Å². The molecule has 1 atom stereocenters. The normalized spacial score (nSPS) is 12.3. The number of hydrogen-bond acceptors (Lipinski definition) is 4.